The van der Waals surface area contributed by atoms with Gasteiger partial charge in [-0.1, -0.05) is 138 Å². The lowest BCUT2D eigenvalue weighted by atomic mass is 10.1. The Morgan fingerprint density at radius 1 is 0.464 bits per heavy atom. The van der Waals surface area contributed by atoms with E-state index in [1.807, 2.05) is 101 Å². The number of hydrogen-bond acceptors (Lipinski definition) is 1. The van der Waals surface area contributed by atoms with Crippen molar-refractivity contribution in [3.05, 3.63) is 132 Å². The van der Waals surface area contributed by atoms with E-state index in [0.29, 0.717) is 0 Å². The average Bonchev–Trinajstić information content (AvgIpc) is 3.85. The fourth-order valence-corrected chi connectivity index (χ4v) is 6.75. The minimum absolute atomic E-state index is 1.05. The van der Waals surface area contributed by atoms with Crippen LogP contribution in [-0.4, -0.2) is 20.0 Å². The Morgan fingerprint density at radius 2 is 0.839 bits per heavy atom. The molecule has 6 aromatic rings. The second-order valence-electron chi connectivity index (χ2n) is 11.2. The summed E-state index contributed by atoms with van der Waals surface area (Å²) in [6.45, 7) is 40.9. The zero-order valence-electron chi connectivity index (χ0n) is 37.8. The molecule has 0 spiro atoms. The Bertz CT molecular complexity index is 2180. The Kier molecular flexibility index (Phi) is 24.4. The lowest BCUT2D eigenvalue weighted by Crippen LogP contribution is -1.99. The topological polar surface area (TPSA) is 14.8 Å². The van der Waals surface area contributed by atoms with Gasteiger partial charge in [-0.05, 0) is 100 Å². The Balaban J connectivity index is 0.00000231. The largest absolute Gasteiger partial charge is 0.344 e. The first-order chi connectivity index (χ1) is 27.4. The number of aryl methyl sites for hydroxylation is 2. The quantitative estimate of drug-likeness (QED) is 0.148. The molecule has 0 fully saturated rings. The van der Waals surface area contributed by atoms with Crippen molar-refractivity contribution in [3.8, 4) is 11.4 Å². The van der Waals surface area contributed by atoms with Crippen LogP contribution in [-0.2, 0) is 7.05 Å². The van der Waals surface area contributed by atoms with Crippen molar-refractivity contribution in [3.63, 3.8) is 0 Å². The Morgan fingerprint density at radius 3 is 1.23 bits per heavy atom. The maximum Gasteiger partial charge on any atom is 0.0543 e. The van der Waals surface area contributed by atoms with Crippen molar-refractivity contribution < 1.29 is 0 Å². The molecule has 0 atom stereocenters. The molecule has 0 amide bonds. The third-order valence-corrected chi connectivity index (χ3v) is 8.59. The van der Waals surface area contributed by atoms with E-state index in [4.69, 9.17) is 0 Å². The molecule has 0 N–H and O–H groups in total. The van der Waals surface area contributed by atoms with E-state index in [2.05, 4.69) is 158 Å². The molecule has 0 bridgehead atoms. The first-order valence-electron chi connectivity index (χ1n) is 20.6. The van der Waals surface area contributed by atoms with Crippen LogP contribution in [0.25, 0.3) is 80.5 Å². The van der Waals surface area contributed by atoms with Gasteiger partial charge in [0, 0.05) is 62.3 Å². The van der Waals surface area contributed by atoms with Crippen molar-refractivity contribution in [1.82, 2.24) is 13.7 Å². The van der Waals surface area contributed by atoms with Crippen molar-refractivity contribution in [2.45, 2.75) is 96.9 Å². The van der Waals surface area contributed by atoms with Crippen LogP contribution in [0.2, 0.25) is 0 Å². The van der Waals surface area contributed by atoms with Gasteiger partial charge in [0.2, 0.25) is 0 Å². The molecule has 0 saturated heterocycles. The summed E-state index contributed by atoms with van der Waals surface area (Å²) in [5.41, 5.74) is 13.6. The molecule has 4 heteroatoms. The molecule has 56 heavy (non-hydrogen) atoms. The van der Waals surface area contributed by atoms with Gasteiger partial charge in [0.15, 0.2) is 0 Å². The predicted octanol–water partition coefficient (Wildman–Crippen LogP) is 17.1. The van der Waals surface area contributed by atoms with Gasteiger partial charge in [0.25, 0.3) is 0 Å². The monoisotopic (exact) mass is 772 g/mol. The average molecular weight is 772 g/mol. The van der Waals surface area contributed by atoms with Crippen LogP contribution in [0.5, 0.6) is 0 Å². The lowest BCUT2D eigenvalue weighted by molar-refractivity contribution is 1.01. The van der Waals surface area contributed by atoms with Crippen LogP contribution in [0.4, 0.5) is 0 Å². The number of rotatable bonds is 8. The second kappa shape index (κ2) is 26.8. The first kappa shape index (κ1) is 51.1. The third kappa shape index (κ3) is 10.3. The molecule has 3 aromatic carbocycles. The van der Waals surface area contributed by atoms with Gasteiger partial charge in [-0.25, -0.2) is 0 Å². The summed E-state index contributed by atoms with van der Waals surface area (Å²) < 4.78 is 6.90. The van der Waals surface area contributed by atoms with Gasteiger partial charge in [0.05, 0.1) is 22.6 Å². The lowest BCUT2D eigenvalue weighted by Gasteiger charge is -2.12. The molecule has 0 aliphatic carbocycles. The van der Waals surface area contributed by atoms with Crippen molar-refractivity contribution in [2.24, 2.45) is 7.05 Å². The molecule has 3 aromatic heterocycles. The highest BCUT2D eigenvalue weighted by Crippen LogP contribution is 2.38. The zero-order valence-corrected chi connectivity index (χ0v) is 38.7. The number of nitrogens with zero attached hydrogens (tertiary/aromatic N) is 3. The summed E-state index contributed by atoms with van der Waals surface area (Å²) in [7, 11) is 2.14. The fraction of sp³-hybridized carbons (Fsp3) is 0.308. The number of fused-ring (bicyclic) bond motifs is 4. The van der Waals surface area contributed by atoms with E-state index in [-0.39, 0.29) is 0 Å². The van der Waals surface area contributed by atoms with E-state index in [1.54, 1.807) is 6.26 Å². The minimum Gasteiger partial charge on any atom is -0.344 e. The molecular weight excluding hydrogens is 699 g/mol. The maximum absolute atomic E-state index is 4.22. The highest BCUT2D eigenvalue weighted by atomic mass is 32.1. The van der Waals surface area contributed by atoms with Crippen LogP contribution in [0.15, 0.2) is 92.6 Å². The molecule has 6 rings (SSSR count). The molecule has 0 aliphatic rings. The van der Waals surface area contributed by atoms with Crippen LogP contribution >= 0.6 is 12.6 Å². The van der Waals surface area contributed by atoms with E-state index in [0.717, 1.165) is 39.6 Å². The molecule has 302 valence electrons. The van der Waals surface area contributed by atoms with E-state index in [9.17, 15) is 0 Å². The smallest absolute Gasteiger partial charge is 0.0543 e. The van der Waals surface area contributed by atoms with Crippen LogP contribution in [0.1, 0.15) is 129 Å². The first-order valence-corrected chi connectivity index (χ1v) is 21.5. The van der Waals surface area contributed by atoms with E-state index >= 15 is 0 Å². The molecule has 0 saturated carbocycles. The van der Waals surface area contributed by atoms with Gasteiger partial charge in [-0.3, -0.25) is 0 Å². The molecule has 0 aliphatic heterocycles. The second-order valence-corrected chi connectivity index (χ2v) is 11.2. The van der Waals surface area contributed by atoms with Crippen LogP contribution in [0, 0.1) is 6.92 Å². The summed E-state index contributed by atoms with van der Waals surface area (Å²) in [5.74, 6) is 0. The summed E-state index contributed by atoms with van der Waals surface area (Å²) in [4.78, 5) is 0. The SMILES string of the molecule is C=Cc1c(/C=C\C)c(/C=C\C)c(C=C)n1-c1ccc2c(c1)c1cc(-n3c(C=C)c(/C=C\C)c4ccc(C)cc43)ccc1n2C.CC.CC.CC.CC.CC.CS. The normalized spacial score (nSPS) is 10.2. The third-order valence-electron chi connectivity index (χ3n) is 8.59. The van der Waals surface area contributed by atoms with Crippen molar-refractivity contribution in [1.29, 1.82) is 0 Å². The molecule has 3 heterocycles. The predicted molar refractivity (Wildman–Crippen MR) is 267 cm³/mol. The molecule has 3 nitrogen and oxygen atoms in total. The number of hydrogen-bond donors (Lipinski definition) is 1. The highest BCUT2D eigenvalue weighted by Gasteiger charge is 2.20. The molecule has 0 radical (unpaired) electrons. The number of aromatic nitrogens is 3. The minimum atomic E-state index is 1.05. The summed E-state index contributed by atoms with van der Waals surface area (Å²) in [6, 6.07) is 20.2. The Labute approximate surface area is 347 Å². The van der Waals surface area contributed by atoms with Gasteiger partial charge in [-0.2, -0.15) is 12.6 Å². The van der Waals surface area contributed by atoms with Crippen LogP contribution in [0.3, 0.4) is 0 Å². The van der Waals surface area contributed by atoms with Gasteiger partial charge in [-0.15, -0.1) is 0 Å². The zero-order chi connectivity index (χ0) is 43.1. The maximum atomic E-state index is 4.22. The van der Waals surface area contributed by atoms with Crippen molar-refractivity contribution >= 4 is 81.8 Å². The number of allylic oxidation sites excluding steroid dienone is 3. The molecular formula is C52H73N3S. The van der Waals surface area contributed by atoms with Gasteiger partial charge >= 0.3 is 0 Å². The van der Waals surface area contributed by atoms with Crippen LogP contribution < -0.4 is 0 Å². The Hall–Kier alpha value is -4.93. The standard InChI is InChI=1S/C41H39N3.5C2H6.CH4S/c1-9-15-30-31(16-10-2)37(13-5)43(36(30)12-4)28-19-22-39-34(25-28)35-26-29(20-23-40(35)42(39)8)44-38(14-6)32(17-11-3)33-21-18-27(7)24-41(33)44;6*1-2/h9-26H,4-6H2,1-3,7-8H3;5*1-2H3;2H,1H3/b15-9-,16-10-,17-11-;;;;;;. The summed E-state index contributed by atoms with van der Waals surface area (Å²) in [6.07, 6.45) is 20.3. The van der Waals surface area contributed by atoms with E-state index in [1.165, 1.54) is 43.8 Å². The van der Waals surface area contributed by atoms with Crippen molar-refractivity contribution in [2.75, 3.05) is 6.26 Å². The van der Waals surface area contributed by atoms with Gasteiger partial charge < -0.3 is 13.7 Å². The fourth-order valence-electron chi connectivity index (χ4n) is 6.75. The summed E-state index contributed by atoms with van der Waals surface area (Å²) in [5, 5.41) is 3.62. The highest BCUT2D eigenvalue weighted by molar-refractivity contribution is 7.79. The molecule has 0 unspecified atom stereocenters. The number of benzene rings is 3. The summed E-state index contributed by atoms with van der Waals surface area (Å²) >= 11 is 3.53. The number of thiol groups is 1. The van der Waals surface area contributed by atoms with E-state index < -0.39 is 0 Å². The van der Waals surface area contributed by atoms with Gasteiger partial charge in [0.1, 0.15) is 0 Å².